The summed E-state index contributed by atoms with van der Waals surface area (Å²) in [6.45, 7) is 7.70. The van der Waals surface area contributed by atoms with Crippen molar-refractivity contribution in [3.8, 4) is 5.75 Å². The van der Waals surface area contributed by atoms with Gasteiger partial charge in [0.15, 0.2) is 5.82 Å². The highest BCUT2D eigenvalue weighted by atomic mass is 16.5. The number of hydrogen-bond acceptors (Lipinski definition) is 6. The Morgan fingerprint density at radius 2 is 1.80 bits per heavy atom. The molecule has 1 aromatic carbocycles. The van der Waals surface area contributed by atoms with Crippen LogP contribution < -0.4 is 20.7 Å². The number of nitrogens with zero attached hydrogens (tertiary/aromatic N) is 3. The first-order chi connectivity index (χ1) is 12.0. The van der Waals surface area contributed by atoms with E-state index >= 15 is 0 Å². The van der Waals surface area contributed by atoms with Gasteiger partial charge >= 0.3 is 0 Å². The Labute approximate surface area is 148 Å². The van der Waals surface area contributed by atoms with E-state index in [1.807, 2.05) is 24.3 Å². The van der Waals surface area contributed by atoms with E-state index in [2.05, 4.69) is 34.1 Å². The lowest BCUT2D eigenvalue weighted by Crippen LogP contribution is -3.13. The van der Waals surface area contributed by atoms with Crippen molar-refractivity contribution in [2.24, 2.45) is 11.8 Å². The molecule has 2 heterocycles. The molecule has 0 saturated carbocycles. The van der Waals surface area contributed by atoms with Gasteiger partial charge in [0, 0.05) is 17.5 Å². The average molecular weight is 343 g/mol. The molecule has 1 saturated heterocycles. The van der Waals surface area contributed by atoms with Gasteiger partial charge in [-0.2, -0.15) is 15.0 Å². The number of ether oxygens (including phenoxy) is 1. The Morgan fingerprint density at radius 3 is 2.44 bits per heavy atom. The summed E-state index contributed by atoms with van der Waals surface area (Å²) in [5.41, 5.74) is 6.77. The van der Waals surface area contributed by atoms with E-state index in [0.29, 0.717) is 5.95 Å². The van der Waals surface area contributed by atoms with Gasteiger partial charge < -0.3 is 20.7 Å². The van der Waals surface area contributed by atoms with Crippen LogP contribution >= 0.6 is 0 Å². The summed E-state index contributed by atoms with van der Waals surface area (Å²) in [6, 6.07) is 7.60. The number of likely N-dealkylation sites (tertiary alicyclic amines) is 1. The number of benzene rings is 1. The zero-order chi connectivity index (χ0) is 17.8. The fraction of sp³-hybridized carbons (Fsp3) is 0.500. The molecule has 2 unspecified atom stereocenters. The van der Waals surface area contributed by atoms with Crippen LogP contribution in [0.3, 0.4) is 0 Å². The molecule has 0 bridgehead atoms. The van der Waals surface area contributed by atoms with Crippen LogP contribution in [0.15, 0.2) is 24.3 Å². The lowest BCUT2D eigenvalue weighted by molar-refractivity contribution is -0.926. The zero-order valence-electron chi connectivity index (χ0n) is 15.1. The smallest absolute Gasteiger partial charge is 0.232 e. The maximum atomic E-state index is 5.89. The highest BCUT2D eigenvalue weighted by molar-refractivity contribution is 5.55. The molecule has 2 atom stereocenters. The highest BCUT2D eigenvalue weighted by Gasteiger charge is 2.26. The predicted molar refractivity (Wildman–Crippen MR) is 97.9 cm³/mol. The lowest BCUT2D eigenvalue weighted by Gasteiger charge is -2.31. The minimum atomic E-state index is 0.249. The molecule has 1 aliphatic rings. The van der Waals surface area contributed by atoms with Crippen LogP contribution in [-0.2, 0) is 6.54 Å². The summed E-state index contributed by atoms with van der Waals surface area (Å²) in [4.78, 5) is 14.6. The SMILES string of the molecule is COc1ccc(Nc2nc(N)nc(C[NH+]3CC(C)CC(C)C3)n2)cc1. The van der Waals surface area contributed by atoms with Crippen LogP contribution in [0.4, 0.5) is 17.6 Å². The quantitative estimate of drug-likeness (QED) is 0.757. The molecule has 134 valence electrons. The molecular weight excluding hydrogens is 316 g/mol. The highest BCUT2D eigenvalue weighted by Crippen LogP contribution is 2.18. The van der Waals surface area contributed by atoms with Gasteiger partial charge in [-0.1, -0.05) is 13.8 Å². The molecule has 0 radical (unpaired) electrons. The zero-order valence-corrected chi connectivity index (χ0v) is 15.1. The summed E-state index contributed by atoms with van der Waals surface area (Å²) in [5, 5.41) is 3.18. The minimum Gasteiger partial charge on any atom is -0.497 e. The van der Waals surface area contributed by atoms with E-state index in [-0.39, 0.29) is 5.95 Å². The Morgan fingerprint density at radius 1 is 1.12 bits per heavy atom. The first-order valence-corrected chi connectivity index (χ1v) is 8.77. The van der Waals surface area contributed by atoms with Gasteiger partial charge in [-0.3, -0.25) is 0 Å². The van der Waals surface area contributed by atoms with Gasteiger partial charge in [-0.05, 0) is 30.7 Å². The third-order valence-corrected chi connectivity index (χ3v) is 4.53. The molecule has 7 heteroatoms. The van der Waals surface area contributed by atoms with Crippen LogP contribution in [0, 0.1) is 11.8 Å². The topological polar surface area (TPSA) is 90.4 Å². The monoisotopic (exact) mass is 343 g/mol. The third kappa shape index (κ3) is 4.79. The molecule has 7 nitrogen and oxygen atoms in total. The van der Waals surface area contributed by atoms with E-state index in [1.165, 1.54) is 11.3 Å². The molecule has 0 spiro atoms. The summed E-state index contributed by atoms with van der Waals surface area (Å²) in [5.74, 6) is 3.73. The molecular formula is C18H27N6O+. The van der Waals surface area contributed by atoms with Crippen LogP contribution in [0.25, 0.3) is 0 Å². The van der Waals surface area contributed by atoms with Crippen LogP contribution in [0.2, 0.25) is 0 Å². The number of anilines is 3. The van der Waals surface area contributed by atoms with Gasteiger partial charge in [0.25, 0.3) is 0 Å². The maximum absolute atomic E-state index is 5.89. The molecule has 1 aromatic heterocycles. The van der Waals surface area contributed by atoms with Crippen LogP contribution in [-0.4, -0.2) is 35.2 Å². The molecule has 4 N–H and O–H groups in total. The average Bonchev–Trinajstić information content (AvgIpc) is 2.54. The van der Waals surface area contributed by atoms with E-state index in [9.17, 15) is 0 Å². The summed E-state index contributed by atoms with van der Waals surface area (Å²) >= 11 is 0. The van der Waals surface area contributed by atoms with Gasteiger partial charge in [0.2, 0.25) is 11.9 Å². The lowest BCUT2D eigenvalue weighted by atomic mass is 9.92. The van der Waals surface area contributed by atoms with E-state index in [1.54, 1.807) is 7.11 Å². The first-order valence-electron chi connectivity index (χ1n) is 8.77. The van der Waals surface area contributed by atoms with E-state index in [4.69, 9.17) is 10.5 Å². The first kappa shape index (κ1) is 17.4. The van der Waals surface area contributed by atoms with Crippen molar-refractivity contribution < 1.29 is 9.64 Å². The molecule has 0 amide bonds. The Kier molecular flexibility index (Phi) is 5.33. The number of aromatic nitrogens is 3. The number of methoxy groups -OCH3 is 1. The normalized spacial score (nSPS) is 23.2. The van der Waals surface area contributed by atoms with Crippen molar-refractivity contribution >= 4 is 17.6 Å². The molecule has 3 rings (SSSR count). The largest absolute Gasteiger partial charge is 0.497 e. The Hall–Kier alpha value is -2.41. The number of rotatable bonds is 5. The molecule has 1 fully saturated rings. The number of quaternary nitrogens is 1. The van der Waals surface area contributed by atoms with Crippen LogP contribution in [0.1, 0.15) is 26.1 Å². The van der Waals surface area contributed by atoms with Crippen molar-refractivity contribution in [1.82, 2.24) is 15.0 Å². The molecule has 0 aliphatic carbocycles. The predicted octanol–water partition coefficient (Wildman–Crippen LogP) is 1.27. The number of nitrogens with two attached hydrogens (primary N) is 1. The van der Waals surface area contributed by atoms with Crippen molar-refractivity contribution in [1.29, 1.82) is 0 Å². The fourth-order valence-corrected chi connectivity index (χ4v) is 3.67. The second kappa shape index (κ2) is 7.65. The van der Waals surface area contributed by atoms with Gasteiger partial charge in [-0.25, -0.2) is 0 Å². The summed E-state index contributed by atoms with van der Waals surface area (Å²) < 4.78 is 5.17. The summed E-state index contributed by atoms with van der Waals surface area (Å²) in [6.07, 6.45) is 1.30. The molecule has 25 heavy (non-hydrogen) atoms. The number of piperidine rings is 1. The second-order valence-corrected chi connectivity index (χ2v) is 7.07. The number of nitrogen functional groups attached to an aromatic ring is 1. The summed E-state index contributed by atoms with van der Waals surface area (Å²) in [7, 11) is 1.64. The van der Waals surface area contributed by atoms with E-state index in [0.717, 1.165) is 48.7 Å². The minimum absolute atomic E-state index is 0.249. The number of hydrogen-bond donors (Lipinski definition) is 3. The van der Waals surface area contributed by atoms with Crippen molar-refractivity contribution in [3.05, 3.63) is 30.1 Å². The standard InChI is InChI=1S/C18H26N6O/c1-12-8-13(2)10-24(9-12)11-16-21-17(19)23-18(22-16)20-14-4-6-15(25-3)7-5-14/h4-7,12-13H,8-11H2,1-3H3,(H3,19,20,21,22,23)/p+1. The Bertz CT molecular complexity index is 695. The number of nitrogens with one attached hydrogen (secondary N) is 2. The van der Waals surface area contributed by atoms with Gasteiger partial charge in [0.1, 0.15) is 12.3 Å². The van der Waals surface area contributed by atoms with Crippen molar-refractivity contribution in [3.63, 3.8) is 0 Å². The van der Waals surface area contributed by atoms with Crippen molar-refractivity contribution in [2.75, 3.05) is 31.2 Å². The maximum Gasteiger partial charge on any atom is 0.232 e. The molecule has 2 aromatic rings. The van der Waals surface area contributed by atoms with E-state index < -0.39 is 0 Å². The van der Waals surface area contributed by atoms with Crippen molar-refractivity contribution in [2.45, 2.75) is 26.8 Å². The molecule has 1 aliphatic heterocycles. The Balaban J connectivity index is 1.71. The van der Waals surface area contributed by atoms with Gasteiger partial charge in [0.05, 0.1) is 20.2 Å². The van der Waals surface area contributed by atoms with Crippen LogP contribution in [0.5, 0.6) is 5.75 Å². The second-order valence-electron chi connectivity index (χ2n) is 7.07. The van der Waals surface area contributed by atoms with Gasteiger partial charge in [-0.15, -0.1) is 0 Å². The third-order valence-electron chi connectivity index (χ3n) is 4.53. The fourth-order valence-electron chi connectivity index (χ4n) is 3.67.